The van der Waals surface area contributed by atoms with Crippen LogP contribution in [0.5, 0.6) is 0 Å². The summed E-state index contributed by atoms with van der Waals surface area (Å²) < 4.78 is 0. The summed E-state index contributed by atoms with van der Waals surface area (Å²) in [7, 11) is 0. The maximum Gasteiger partial charge on any atom is 0.234 e. The van der Waals surface area contributed by atoms with Crippen molar-refractivity contribution in [2.24, 2.45) is 5.92 Å². The highest BCUT2D eigenvalue weighted by Gasteiger charge is 2.30. The van der Waals surface area contributed by atoms with Crippen LogP contribution in [0.2, 0.25) is 0 Å². The number of amides is 1. The Balaban J connectivity index is 1.53. The van der Waals surface area contributed by atoms with E-state index in [0.717, 1.165) is 19.0 Å². The van der Waals surface area contributed by atoms with Gasteiger partial charge in [-0.05, 0) is 44.1 Å². The van der Waals surface area contributed by atoms with Crippen molar-refractivity contribution in [1.82, 2.24) is 10.2 Å². The van der Waals surface area contributed by atoms with E-state index in [4.69, 9.17) is 0 Å². The van der Waals surface area contributed by atoms with E-state index in [1.54, 1.807) is 0 Å². The molecule has 20 heavy (non-hydrogen) atoms. The maximum atomic E-state index is 12.0. The minimum Gasteiger partial charge on any atom is -0.355 e. The van der Waals surface area contributed by atoms with Crippen molar-refractivity contribution >= 4 is 5.91 Å². The molecule has 0 heterocycles. The highest BCUT2D eigenvalue weighted by Crippen LogP contribution is 2.29. The van der Waals surface area contributed by atoms with Gasteiger partial charge in [0.25, 0.3) is 0 Å². The Morgan fingerprint density at radius 2 is 2.10 bits per heavy atom. The Kier molecular flexibility index (Phi) is 4.06. The van der Waals surface area contributed by atoms with Crippen LogP contribution in [0.1, 0.15) is 36.8 Å². The summed E-state index contributed by atoms with van der Waals surface area (Å²) in [4.78, 5) is 14.4. The van der Waals surface area contributed by atoms with Crippen LogP contribution in [-0.2, 0) is 11.3 Å². The summed E-state index contributed by atoms with van der Waals surface area (Å²) in [6.07, 6.45) is 5.05. The van der Waals surface area contributed by atoms with Gasteiger partial charge in [0.2, 0.25) is 5.91 Å². The van der Waals surface area contributed by atoms with Crippen LogP contribution < -0.4 is 5.32 Å². The van der Waals surface area contributed by atoms with Crippen LogP contribution in [-0.4, -0.2) is 29.9 Å². The number of carbonyl (C=O) groups excluding carboxylic acids is 1. The summed E-state index contributed by atoms with van der Waals surface area (Å²) in [5.74, 6) is 0.946. The Bertz CT molecular complexity index is 478. The molecule has 0 unspecified atom stereocenters. The number of hydrogen-bond acceptors (Lipinski definition) is 2. The lowest BCUT2D eigenvalue weighted by molar-refractivity contribution is -0.122. The zero-order valence-electron chi connectivity index (χ0n) is 12.3. The summed E-state index contributed by atoms with van der Waals surface area (Å²) in [5.41, 5.74) is 2.60. The van der Waals surface area contributed by atoms with Gasteiger partial charge >= 0.3 is 0 Å². The first-order valence-corrected chi connectivity index (χ1v) is 7.77. The van der Waals surface area contributed by atoms with Crippen molar-refractivity contribution in [2.45, 2.75) is 45.2 Å². The summed E-state index contributed by atoms with van der Waals surface area (Å²) in [5, 5.41) is 3.07. The lowest BCUT2D eigenvalue weighted by atomic mass is 10.1. The smallest absolute Gasteiger partial charge is 0.234 e. The molecule has 1 N–H and O–H groups in total. The van der Waals surface area contributed by atoms with Crippen LogP contribution in [0.4, 0.5) is 0 Å². The third kappa shape index (κ3) is 4.07. The van der Waals surface area contributed by atoms with Gasteiger partial charge in [0, 0.05) is 19.1 Å². The predicted octanol–water partition coefficient (Wildman–Crippen LogP) is 2.49. The average Bonchev–Trinajstić information content (AvgIpc) is 3.28. The minimum absolute atomic E-state index is 0.191. The third-order valence-corrected chi connectivity index (χ3v) is 4.16. The quantitative estimate of drug-likeness (QED) is 0.827. The van der Waals surface area contributed by atoms with Crippen LogP contribution >= 0.6 is 0 Å². The molecule has 3 heteroatoms. The normalized spacial score (nSPS) is 18.3. The second kappa shape index (κ2) is 5.96. The first kappa shape index (κ1) is 13.6. The highest BCUT2D eigenvalue weighted by molar-refractivity contribution is 5.78. The number of nitrogens with one attached hydrogen (secondary N) is 1. The molecule has 1 aromatic carbocycles. The molecule has 2 aliphatic carbocycles. The van der Waals surface area contributed by atoms with E-state index in [-0.39, 0.29) is 5.91 Å². The monoisotopic (exact) mass is 272 g/mol. The first-order valence-electron chi connectivity index (χ1n) is 7.77. The van der Waals surface area contributed by atoms with Crippen molar-refractivity contribution < 1.29 is 4.79 Å². The number of benzene rings is 1. The Morgan fingerprint density at radius 1 is 1.30 bits per heavy atom. The van der Waals surface area contributed by atoms with Gasteiger partial charge in [-0.3, -0.25) is 9.69 Å². The average molecular weight is 272 g/mol. The molecular formula is C17H24N2O. The number of aryl methyl sites for hydroxylation is 1. The molecule has 1 amide bonds. The fourth-order valence-electron chi connectivity index (χ4n) is 2.62. The van der Waals surface area contributed by atoms with Gasteiger partial charge in [0.05, 0.1) is 6.54 Å². The Hall–Kier alpha value is -1.35. The lowest BCUT2D eigenvalue weighted by Crippen LogP contribution is -2.38. The second-order valence-electron chi connectivity index (χ2n) is 6.37. The zero-order valence-corrected chi connectivity index (χ0v) is 12.3. The molecule has 0 spiro atoms. The maximum absolute atomic E-state index is 12.0. The second-order valence-corrected chi connectivity index (χ2v) is 6.37. The van der Waals surface area contributed by atoms with Crippen molar-refractivity contribution in [3.63, 3.8) is 0 Å². The third-order valence-electron chi connectivity index (χ3n) is 4.16. The molecular weight excluding hydrogens is 248 g/mol. The van der Waals surface area contributed by atoms with E-state index < -0.39 is 0 Å². The summed E-state index contributed by atoms with van der Waals surface area (Å²) in [6.45, 7) is 4.43. The fourth-order valence-corrected chi connectivity index (χ4v) is 2.62. The topological polar surface area (TPSA) is 32.3 Å². The molecule has 3 nitrogen and oxygen atoms in total. The summed E-state index contributed by atoms with van der Waals surface area (Å²) in [6, 6.07) is 9.21. The molecule has 0 aromatic heterocycles. The van der Waals surface area contributed by atoms with Crippen molar-refractivity contribution in [2.75, 3.05) is 13.1 Å². The van der Waals surface area contributed by atoms with Crippen molar-refractivity contribution in [3.8, 4) is 0 Å². The Labute approximate surface area is 121 Å². The van der Waals surface area contributed by atoms with Crippen molar-refractivity contribution in [1.29, 1.82) is 0 Å². The molecule has 0 radical (unpaired) electrons. The lowest BCUT2D eigenvalue weighted by Gasteiger charge is -2.21. The number of nitrogens with zero attached hydrogens (tertiary/aromatic N) is 1. The molecule has 0 bridgehead atoms. The molecule has 2 saturated carbocycles. The largest absolute Gasteiger partial charge is 0.355 e. The fraction of sp³-hybridized carbons (Fsp3) is 0.588. The Morgan fingerprint density at radius 3 is 2.75 bits per heavy atom. The minimum atomic E-state index is 0.191. The first-order chi connectivity index (χ1) is 9.70. The van der Waals surface area contributed by atoms with Crippen LogP contribution in [0.25, 0.3) is 0 Å². The van der Waals surface area contributed by atoms with Gasteiger partial charge < -0.3 is 5.32 Å². The number of hydrogen-bond donors (Lipinski definition) is 1. The number of rotatable bonds is 7. The molecule has 2 aliphatic rings. The van der Waals surface area contributed by atoms with E-state index in [9.17, 15) is 4.79 Å². The van der Waals surface area contributed by atoms with E-state index in [1.165, 1.54) is 36.8 Å². The molecule has 0 aliphatic heterocycles. The molecule has 1 aromatic rings. The van der Waals surface area contributed by atoms with E-state index in [1.807, 2.05) is 0 Å². The van der Waals surface area contributed by atoms with Crippen LogP contribution in [0.3, 0.4) is 0 Å². The molecule has 2 fully saturated rings. The van der Waals surface area contributed by atoms with Gasteiger partial charge in [-0.25, -0.2) is 0 Å². The standard InChI is InChI=1S/C17H24N2O/c1-13-3-2-4-15(9-13)11-19(16-7-8-16)12-17(20)18-10-14-5-6-14/h2-4,9,14,16H,5-8,10-12H2,1H3,(H,18,20). The van der Waals surface area contributed by atoms with Gasteiger partial charge in [0.1, 0.15) is 0 Å². The van der Waals surface area contributed by atoms with E-state index in [0.29, 0.717) is 12.6 Å². The predicted molar refractivity (Wildman–Crippen MR) is 80.3 cm³/mol. The highest BCUT2D eigenvalue weighted by atomic mass is 16.2. The molecule has 0 atom stereocenters. The molecule has 3 rings (SSSR count). The van der Waals surface area contributed by atoms with E-state index in [2.05, 4.69) is 41.4 Å². The van der Waals surface area contributed by atoms with Gasteiger partial charge in [0.15, 0.2) is 0 Å². The van der Waals surface area contributed by atoms with Gasteiger partial charge in [-0.1, -0.05) is 29.8 Å². The zero-order chi connectivity index (χ0) is 13.9. The summed E-state index contributed by atoms with van der Waals surface area (Å²) >= 11 is 0. The van der Waals surface area contributed by atoms with Crippen LogP contribution in [0.15, 0.2) is 24.3 Å². The molecule has 108 valence electrons. The SMILES string of the molecule is Cc1cccc(CN(CC(=O)NCC2CC2)C2CC2)c1. The van der Waals surface area contributed by atoms with Gasteiger partial charge in [-0.2, -0.15) is 0 Å². The van der Waals surface area contributed by atoms with E-state index >= 15 is 0 Å². The molecule has 0 saturated heterocycles. The van der Waals surface area contributed by atoms with Gasteiger partial charge in [-0.15, -0.1) is 0 Å². The van der Waals surface area contributed by atoms with Crippen molar-refractivity contribution in [3.05, 3.63) is 35.4 Å². The number of carbonyl (C=O) groups is 1. The van der Waals surface area contributed by atoms with Crippen LogP contribution in [0, 0.1) is 12.8 Å².